The van der Waals surface area contributed by atoms with Crippen molar-refractivity contribution in [2.24, 2.45) is 11.8 Å². The number of aromatic nitrogens is 1. The van der Waals surface area contributed by atoms with Gasteiger partial charge in [-0.25, -0.2) is 4.79 Å². The van der Waals surface area contributed by atoms with Gasteiger partial charge in [-0.3, -0.25) is 19.5 Å². The number of likely N-dealkylation sites (tertiary alicyclic amines) is 1. The number of carbonyl (C=O) groups is 3. The van der Waals surface area contributed by atoms with Crippen LogP contribution in [0, 0.1) is 11.8 Å². The van der Waals surface area contributed by atoms with Crippen LogP contribution in [0.3, 0.4) is 0 Å². The Hall–Kier alpha value is -2.44. The normalized spacial score (nSPS) is 29.7. The van der Waals surface area contributed by atoms with Crippen LogP contribution in [0.5, 0.6) is 0 Å². The maximum absolute atomic E-state index is 12.8. The molecule has 1 aromatic rings. The van der Waals surface area contributed by atoms with Gasteiger partial charge in [0.2, 0.25) is 5.91 Å². The van der Waals surface area contributed by atoms with E-state index in [1.807, 2.05) is 0 Å². The molecule has 0 bridgehead atoms. The molecule has 2 fully saturated rings. The highest BCUT2D eigenvalue weighted by Gasteiger charge is 2.50. The van der Waals surface area contributed by atoms with Gasteiger partial charge >= 0.3 is 6.03 Å². The molecular weight excluding hydrogens is 320 g/mol. The van der Waals surface area contributed by atoms with Crippen LogP contribution in [0.15, 0.2) is 24.4 Å². The standard InChI is InChI=1S/C18H24N4O3/c1-12-8-13(2)10-21(9-12)15(23)11-22-16(24)18(3,20-17(22)25)14-6-4-5-7-19-14/h4-7,12-13H,8-11H2,1-3H3,(H,20,25). The molecule has 1 N–H and O–H groups in total. The summed E-state index contributed by atoms with van der Waals surface area (Å²) in [5, 5.41) is 2.68. The van der Waals surface area contributed by atoms with Crippen molar-refractivity contribution < 1.29 is 14.4 Å². The number of urea groups is 1. The van der Waals surface area contributed by atoms with Gasteiger partial charge in [-0.2, -0.15) is 0 Å². The van der Waals surface area contributed by atoms with Crippen molar-refractivity contribution >= 4 is 17.8 Å². The summed E-state index contributed by atoms with van der Waals surface area (Å²) in [6, 6.07) is 4.65. The first-order chi connectivity index (χ1) is 11.8. The van der Waals surface area contributed by atoms with Crippen LogP contribution < -0.4 is 5.32 Å². The van der Waals surface area contributed by atoms with Gasteiger partial charge in [-0.15, -0.1) is 0 Å². The third-order valence-electron chi connectivity index (χ3n) is 4.97. The molecule has 2 saturated heterocycles. The molecule has 0 spiro atoms. The van der Waals surface area contributed by atoms with Crippen molar-refractivity contribution in [1.82, 2.24) is 20.1 Å². The minimum atomic E-state index is -1.24. The van der Waals surface area contributed by atoms with Crippen LogP contribution in [-0.2, 0) is 15.1 Å². The van der Waals surface area contributed by atoms with E-state index in [2.05, 4.69) is 24.1 Å². The second kappa shape index (κ2) is 6.46. The number of piperidine rings is 1. The summed E-state index contributed by atoms with van der Waals surface area (Å²) < 4.78 is 0. The fourth-order valence-electron chi connectivity index (χ4n) is 3.77. The molecule has 4 amide bonds. The Kier molecular flexibility index (Phi) is 4.49. The zero-order chi connectivity index (χ0) is 18.2. The molecule has 25 heavy (non-hydrogen) atoms. The molecule has 3 heterocycles. The first kappa shape index (κ1) is 17.4. The molecule has 0 aliphatic carbocycles. The van der Waals surface area contributed by atoms with E-state index in [0.717, 1.165) is 11.3 Å². The molecular formula is C18H24N4O3. The van der Waals surface area contributed by atoms with Crippen molar-refractivity contribution in [1.29, 1.82) is 0 Å². The molecule has 0 aromatic carbocycles. The highest BCUT2D eigenvalue weighted by atomic mass is 16.2. The van der Waals surface area contributed by atoms with E-state index in [1.54, 1.807) is 36.2 Å². The SMILES string of the molecule is CC1CC(C)CN(C(=O)CN2C(=O)NC(C)(c3ccccn3)C2=O)C1. The van der Waals surface area contributed by atoms with Gasteiger partial charge in [0.05, 0.1) is 5.69 Å². The van der Waals surface area contributed by atoms with Gasteiger partial charge in [0.1, 0.15) is 6.54 Å². The second-order valence-electron chi connectivity index (χ2n) is 7.41. The number of nitrogens with zero attached hydrogens (tertiary/aromatic N) is 3. The first-order valence-corrected chi connectivity index (χ1v) is 8.64. The van der Waals surface area contributed by atoms with Crippen molar-refractivity contribution in [2.45, 2.75) is 32.7 Å². The van der Waals surface area contributed by atoms with Gasteiger partial charge in [0.25, 0.3) is 5.91 Å². The summed E-state index contributed by atoms with van der Waals surface area (Å²) in [6.45, 7) is 6.95. The molecule has 1 aromatic heterocycles. The number of nitrogens with one attached hydrogen (secondary N) is 1. The van der Waals surface area contributed by atoms with E-state index < -0.39 is 17.5 Å². The van der Waals surface area contributed by atoms with Crippen LogP contribution >= 0.6 is 0 Å². The number of amides is 4. The molecule has 3 unspecified atom stereocenters. The third kappa shape index (κ3) is 3.23. The summed E-state index contributed by atoms with van der Waals surface area (Å²) >= 11 is 0. The van der Waals surface area contributed by atoms with Gasteiger partial charge in [-0.1, -0.05) is 19.9 Å². The fraction of sp³-hybridized carbons (Fsp3) is 0.556. The number of carbonyl (C=O) groups excluding carboxylic acids is 3. The Morgan fingerprint density at radius 2 is 1.96 bits per heavy atom. The summed E-state index contributed by atoms with van der Waals surface area (Å²) in [4.78, 5) is 44.7. The lowest BCUT2D eigenvalue weighted by molar-refractivity contribution is -0.140. The van der Waals surface area contributed by atoms with Crippen molar-refractivity contribution in [3.05, 3.63) is 30.1 Å². The number of hydrogen-bond acceptors (Lipinski definition) is 4. The van der Waals surface area contributed by atoms with Crippen LogP contribution in [0.2, 0.25) is 0 Å². The van der Waals surface area contributed by atoms with Gasteiger partial charge in [0.15, 0.2) is 5.54 Å². The largest absolute Gasteiger partial charge is 0.341 e. The van der Waals surface area contributed by atoms with E-state index in [1.165, 1.54) is 0 Å². The molecule has 134 valence electrons. The highest BCUT2D eigenvalue weighted by Crippen LogP contribution is 2.27. The smallest absolute Gasteiger partial charge is 0.325 e. The average Bonchev–Trinajstić information content (AvgIpc) is 2.79. The second-order valence-corrected chi connectivity index (χ2v) is 7.41. The van der Waals surface area contributed by atoms with Crippen molar-refractivity contribution in [3.8, 4) is 0 Å². The maximum Gasteiger partial charge on any atom is 0.325 e. The first-order valence-electron chi connectivity index (χ1n) is 8.64. The average molecular weight is 344 g/mol. The van der Waals surface area contributed by atoms with Crippen LogP contribution in [0.4, 0.5) is 4.79 Å². The number of rotatable bonds is 3. The topological polar surface area (TPSA) is 82.6 Å². The number of pyridine rings is 1. The van der Waals surface area contributed by atoms with E-state index >= 15 is 0 Å². The van der Waals surface area contributed by atoms with Crippen molar-refractivity contribution in [2.75, 3.05) is 19.6 Å². The molecule has 2 aliphatic rings. The summed E-state index contributed by atoms with van der Waals surface area (Å²) in [7, 11) is 0. The van der Waals surface area contributed by atoms with Crippen LogP contribution in [0.25, 0.3) is 0 Å². The van der Waals surface area contributed by atoms with E-state index in [-0.39, 0.29) is 12.5 Å². The Bertz CT molecular complexity index is 683. The van der Waals surface area contributed by atoms with Crippen molar-refractivity contribution in [3.63, 3.8) is 0 Å². The quantitative estimate of drug-likeness (QED) is 0.839. The Labute approximate surface area is 147 Å². The Morgan fingerprint density at radius 1 is 1.28 bits per heavy atom. The molecule has 7 heteroatoms. The molecule has 7 nitrogen and oxygen atoms in total. The summed E-state index contributed by atoms with van der Waals surface area (Å²) in [5.41, 5.74) is -0.773. The van der Waals surface area contributed by atoms with E-state index in [4.69, 9.17) is 0 Å². The number of hydrogen-bond donors (Lipinski definition) is 1. The number of imide groups is 1. The van der Waals surface area contributed by atoms with E-state index in [9.17, 15) is 14.4 Å². The monoisotopic (exact) mass is 344 g/mol. The predicted molar refractivity (Wildman–Crippen MR) is 91.4 cm³/mol. The Balaban J connectivity index is 1.74. The minimum absolute atomic E-state index is 0.188. The van der Waals surface area contributed by atoms with Gasteiger partial charge in [0, 0.05) is 19.3 Å². The lowest BCUT2D eigenvalue weighted by atomic mass is 9.92. The molecule has 3 atom stereocenters. The Morgan fingerprint density at radius 3 is 2.56 bits per heavy atom. The van der Waals surface area contributed by atoms with Gasteiger partial charge < -0.3 is 10.2 Å². The lowest BCUT2D eigenvalue weighted by Gasteiger charge is -2.35. The van der Waals surface area contributed by atoms with Crippen LogP contribution in [0.1, 0.15) is 32.9 Å². The lowest BCUT2D eigenvalue weighted by Crippen LogP contribution is -2.48. The summed E-state index contributed by atoms with van der Waals surface area (Å²) in [5.74, 6) is 0.221. The minimum Gasteiger partial charge on any atom is -0.341 e. The van der Waals surface area contributed by atoms with Crippen LogP contribution in [-0.4, -0.2) is 52.3 Å². The third-order valence-corrected chi connectivity index (χ3v) is 4.97. The highest BCUT2D eigenvalue weighted by molar-refractivity contribution is 6.08. The molecule has 2 aliphatic heterocycles. The van der Waals surface area contributed by atoms with Gasteiger partial charge in [-0.05, 0) is 37.3 Å². The van der Waals surface area contributed by atoms with E-state index in [0.29, 0.717) is 30.6 Å². The molecule has 3 rings (SSSR count). The molecule has 0 radical (unpaired) electrons. The summed E-state index contributed by atoms with van der Waals surface area (Å²) in [6.07, 6.45) is 2.66. The maximum atomic E-state index is 12.8. The predicted octanol–water partition coefficient (Wildman–Crippen LogP) is 1.35. The molecule has 0 saturated carbocycles. The fourth-order valence-corrected chi connectivity index (χ4v) is 3.77. The zero-order valence-corrected chi connectivity index (χ0v) is 14.9. The zero-order valence-electron chi connectivity index (χ0n) is 14.9.